The van der Waals surface area contributed by atoms with Crippen LogP contribution in [0.25, 0.3) is 0 Å². The molecular weight excluding hydrogens is 300 g/mol. The molecule has 0 spiro atoms. The molecule has 1 fully saturated rings. The van der Waals surface area contributed by atoms with Crippen molar-refractivity contribution in [2.75, 3.05) is 7.05 Å². The van der Waals surface area contributed by atoms with Crippen molar-refractivity contribution in [1.82, 2.24) is 10.2 Å². The van der Waals surface area contributed by atoms with E-state index in [4.69, 9.17) is 0 Å². The van der Waals surface area contributed by atoms with Gasteiger partial charge >= 0.3 is 0 Å². The lowest BCUT2D eigenvalue weighted by molar-refractivity contribution is -0.137. The monoisotopic (exact) mass is 314 g/mol. The van der Waals surface area contributed by atoms with Gasteiger partial charge < -0.3 is 10.2 Å². The fourth-order valence-electron chi connectivity index (χ4n) is 2.02. The Labute approximate surface area is 114 Å². The third-order valence-corrected chi connectivity index (χ3v) is 5.38. The summed E-state index contributed by atoms with van der Waals surface area (Å²) in [4.78, 5) is 14.9. The fourth-order valence-corrected chi connectivity index (χ4v) is 3.66. The lowest BCUT2D eigenvalue weighted by Crippen LogP contribution is -2.57. The van der Waals surface area contributed by atoms with Gasteiger partial charge in [0.2, 0.25) is 5.91 Å². The summed E-state index contributed by atoms with van der Waals surface area (Å²) in [6.07, 6.45) is 0. The normalized spacial score (nSPS) is 29.4. The predicted molar refractivity (Wildman–Crippen MR) is 73.6 cm³/mol. The van der Waals surface area contributed by atoms with Gasteiger partial charge in [-0.1, -0.05) is 13.5 Å². The lowest BCUT2D eigenvalue weighted by atomic mass is 9.82. The van der Waals surface area contributed by atoms with E-state index < -0.39 is 0 Å². The highest BCUT2D eigenvalue weighted by Crippen LogP contribution is 2.39. The van der Waals surface area contributed by atoms with Crippen LogP contribution in [0.5, 0.6) is 0 Å². The van der Waals surface area contributed by atoms with Gasteiger partial charge in [0.15, 0.2) is 0 Å². The van der Waals surface area contributed by atoms with Crippen LogP contribution in [0.2, 0.25) is 0 Å². The smallest absolute Gasteiger partial charge is 0.233 e. The molecule has 0 bridgehead atoms. The number of hydrogen-bond donors (Lipinski definition) is 1. The Bertz CT molecular complexity index is 485. The van der Waals surface area contributed by atoms with Crippen molar-refractivity contribution in [2.24, 2.45) is 5.92 Å². The van der Waals surface area contributed by atoms with E-state index in [0.717, 1.165) is 9.35 Å². The van der Waals surface area contributed by atoms with E-state index in [1.54, 1.807) is 23.3 Å². The van der Waals surface area contributed by atoms with Gasteiger partial charge in [0.1, 0.15) is 5.82 Å². The van der Waals surface area contributed by atoms with E-state index in [1.807, 2.05) is 19.2 Å². The van der Waals surface area contributed by atoms with Crippen molar-refractivity contribution in [1.29, 1.82) is 0 Å². The van der Waals surface area contributed by atoms with Crippen LogP contribution in [0.1, 0.15) is 18.7 Å². The number of halogens is 1. The number of carbonyl (C=O) groups excluding carboxylic acids is 1. The van der Waals surface area contributed by atoms with Crippen molar-refractivity contribution in [3.8, 4) is 0 Å². The first-order valence-corrected chi connectivity index (χ1v) is 7.02. The summed E-state index contributed by atoms with van der Waals surface area (Å²) in [7, 11) is 1.75. The largest absolute Gasteiger partial charge is 0.361 e. The summed E-state index contributed by atoms with van der Waals surface area (Å²) in [5, 5.41) is 5.38. The van der Waals surface area contributed by atoms with Crippen LogP contribution in [-0.2, 0) is 10.3 Å². The number of hydrogen-bond acceptors (Lipinski definition) is 3. The van der Waals surface area contributed by atoms with Gasteiger partial charge in [-0.3, -0.25) is 4.79 Å². The molecule has 0 aliphatic carbocycles. The minimum Gasteiger partial charge on any atom is -0.361 e. The van der Waals surface area contributed by atoms with E-state index in [9.17, 15) is 4.79 Å². The quantitative estimate of drug-likeness (QED) is 0.864. The highest BCUT2D eigenvalue weighted by Gasteiger charge is 2.44. The van der Waals surface area contributed by atoms with E-state index in [2.05, 4.69) is 33.9 Å². The maximum Gasteiger partial charge on any atom is 0.233 e. The van der Waals surface area contributed by atoms with Crippen molar-refractivity contribution in [2.45, 2.75) is 19.4 Å². The summed E-state index contributed by atoms with van der Waals surface area (Å²) in [6.45, 7) is 7.89. The SMILES string of the molecule is C=C1N[C@](C)(c2cc(Br)cs2)[C@@H](C)C(=O)N1C. The Morgan fingerprint density at radius 2 is 2.29 bits per heavy atom. The molecule has 0 aromatic carbocycles. The van der Waals surface area contributed by atoms with Gasteiger partial charge in [-0.2, -0.15) is 0 Å². The molecule has 92 valence electrons. The van der Waals surface area contributed by atoms with Crippen LogP contribution in [0, 0.1) is 5.92 Å². The predicted octanol–water partition coefficient (Wildman–Crippen LogP) is 2.89. The molecule has 0 unspecified atom stereocenters. The summed E-state index contributed by atoms with van der Waals surface area (Å²) >= 11 is 5.09. The number of nitrogens with zero attached hydrogens (tertiary/aromatic N) is 1. The molecule has 2 atom stereocenters. The Morgan fingerprint density at radius 1 is 1.65 bits per heavy atom. The molecule has 17 heavy (non-hydrogen) atoms. The molecule has 1 saturated heterocycles. The molecule has 3 nitrogen and oxygen atoms in total. The molecule has 1 amide bonds. The second kappa shape index (κ2) is 4.14. The zero-order valence-corrected chi connectivity index (χ0v) is 12.5. The van der Waals surface area contributed by atoms with Gasteiger partial charge in [-0.05, 0) is 28.9 Å². The van der Waals surface area contributed by atoms with Crippen LogP contribution in [0.4, 0.5) is 0 Å². The highest BCUT2D eigenvalue weighted by molar-refractivity contribution is 9.10. The molecule has 1 N–H and O–H groups in total. The Morgan fingerprint density at radius 3 is 2.82 bits per heavy atom. The van der Waals surface area contributed by atoms with Gasteiger partial charge in [-0.25, -0.2) is 0 Å². The van der Waals surface area contributed by atoms with Crippen LogP contribution in [0.15, 0.2) is 28.3 Å². The summed E-state index contributed by atoms with van der Waals surface area (Å²) in [5.41, 5.74) is -0.378. The van der Waals surface area contributed by atoms with E-state index in [1.165, 1.54) is 0 Å². The van der Waals surface area contributed by atoms with E-state index in [0.29, 0.717) is 5.82 Å². The average Bonchev–Trinajstić information content (AvgIpc) is 2.71. The van der Waals surface area contributed by atoms with Crippen LogP contribution < -0.4 is 5.32 Å². The van der Waals surface area contributed by atoms with Crippen molar-refractivity contribution >= 4 is 33.2 Å². The highest BCUT2D eigenvalue weighted by atomic mass is 79.9. The molecule has 2 heterocycles. The Balaban J connectivity index is 2.43. The molecule has 1 aromatic heterocycles. The van der Waals surface area contributed by atoms with Gasteiger partial charge in [-0.15, -0.1) is 11.3 Å². The number of rotatable bonds is 1. The van der Waals surface area contributed by atoms with Crippen LogP contribution in [0.3, 0.4) is 0 Å². The van der Waals surface area contributed by atoms with Crippen LogP contribution >= 0.6 is 27.3 Å². The van der Waals surface area contributed by atoms with Crippen molar-refractivity contribution < 1.29 is 4.79 Å². The van der Waals surface area contributed by atoms with Gasteiger partial charge in [0.05, 0.1) is 11.5 Å². The minimum atomic E-state index is -0.378. The zero-order chi connectivity index (χ0) is 12.8. The third-order valence-electron chi connectivity index (χ3n) is 3.46. The molecule has 1 aliphatic rings. The lowest BCUT2D eigenvalue weighted by Gasteiger charge is -2.44. The molecule has 1 aliphatic heterocycles. The number of thiophene rings is 1. The first kappa shape index (κ1) is 12.6. The number of amides is 1. The Hall–Kier alpha value is -0.810. The standard InChI is InChI=1S/C12H15BrN2OS/c1-7-11(16)15(4)8(2)14-12(7,3)10-5-9(13)6-17-10/h5-7,14H,2H2,1,3-4H3/t7-,12-/m0/s1. The number of nitrogens with one attached hydrogen (secondary N) is 1. The van der Waals surface area contributed by atoms with E-state index in [-0.39, 0.29) is 17.4 Å². The maximum atomic E-state index is 12.1. The molecule has 2 rings (SSSR count). The fraction of sp³-hybridized carbons (Fsp3) is 0.417. The van der Waals surface area contributed by atoms with Crippen molar-refractivity contribution in [3.63, 3.8) is 0 Å². The van der Waals surface area contributed by atoms with E-state index >= 15 is 0 Å². The molecule has 0 radical (unpaired) electrons. The maximum absolute atomic E-state index is 12.1. The zero-order valence-electron chi connectivity index (χ0n) is 10.1. The molecule has 0 saturated carbocycles. The first-order valence-electron chi connectivity index (χ1n) is 5.35. The summed E-state index contributed by atoms with van der Waals surface area (Å²) in [5.74, 6) is 0.629. The summed E-state index contributed by atoms with van der Waals surface area (Å²) in [6, 6.07) is 2.06. The van der Waals surface area contributed by atoms with Crippen molar-refractivity contribution in [3.05, 3.63) is 33.2 Å². The first-order chi connectivity index (χ1) is 7.86. The molecule has 5 heteroatoms. The third kappa shape index (κ3) is 1.91. The van der Waals surface area contributed by atoms with Gasteiger partial charge in [0, 0.05) is 21.8 Å². The van der Waals surface area contributed by atoms with Crippen LogP contribution in [-0.4, -0.2) is 17.9 Å². The topological polar surface area (TPSA) is 32.3 Å². The number of carbonyl (C=O) groups is 1. The minimum absolute atomic E-state index is 0.0979. The average molecular weight is 315 g/mol. The molecule has 1 aromatic rings. The van der Waals surface area contributed by atoms with Gasteiger partial charge in [0.25, 0.3) is 0 Å². The molecular formula is C12H15BrN2OS. The Kier molecular flexibility index (Phi) is 3.08. The second-order valence-corrected chi connectivity index (χ2v) is 6.35. The second-order valence-electron chi connectivity index (χ2n) is 4.52. The summed E-state index contributed by atoms with van der Waals surface area (Å²) < 4.78 is 1.05.